The molecule has 0 spiro atoms. The van der Waals surface area contributed by atoms with Crippen LogP contribution in [0.25, 0.3) is 22.6 Å². The van der Waals surface area contributed by atoms with Gasteiger partial charge in [-0.1, -0.05) is 6.07 Å². The largest absolute Gasteiger partial charge is 0.471 e. The van der Waals surface area contributed by atoms with Crippen LogP contribution in [0.2, 0.25) is 0 Å². The average molecular weight is 321 g/mol. The summed E-state index contributed by atoms with van der Waals surface area (Å²) < 4.78 is 42.8. The van der Waals surface area contributed by atoms with Crippen LogP contribution in [-0.2, 0) is 4.79 Å². The number of halogens is 3. The fourth-order valence-corrected chi connectivity index (χ4v) is 2.03. The Morgan fingerprint density at radius 3 is 2.78 bits per heavy atom. The maximum atomic E-state index is 12.4. The zero-order chi connectivity index (χ0) is 16.6. The van der Waals surface area contributed by atoms with Gasteiger partial charge in [-0.15, -0.1) is 0 Å². The van der Waals surface area contributed by atoms with Gasteiger partial charge in [-0.3, -0.25) is 9.78 Å². The van der Waals surface area contributed by atoms with Crippen LogP contribution in [0.15, 0.2) is 41.1 Å². The molecule has 0 aliphatic heterocycles. The number of anilines is 1. The summed E-state index contributed by atoms with van der Waals surface area (Å²) in [7, 11) is 0. The first-order valence-electron chi connectivity index (χ1n) is 6.54. The van der Waals surface area contributed by atoms with Crippen LogP contribution >= 0.6 is 0 Å². The van der Waals surface area contributed by atoms with Crippen molar-refractivity contribution < 1.29 is 22.4 Å². The molecule has 0 aliphatic carbocycles. The van der Waals surface area contributed by atoms with Crippen LogP contribution < -0.4 is 5.32 Å². The minimum absolute atomic E-state index is 0.102. The number of pyridine rings is 1. The second kappa shape index (κ2) is 5.38. The van der Waals surface area contributed by atoms with Crippen LogP contribution in [0.5, 0.6) is 0 Å². The van der Waals surface area contributed by atoms with Crippen LogP contribution in [0.1, 0.15) is 5.56 Å². The second-order valence-electron chi connectivity index (χ2n) is 4.86. The van der Waals surface area contributed by atoms with Gasteiger partial charge >= 0.3 is 12.1 Å². The van der Waals surface area contributed by atoms with Gasteiger partial charge in [0.15, 0.2) is 5.58 Å². The summed E-state index contributed by atoms with van der Waals surface area (Å²) in [5.74, 6) is -1.98. The first-order valence-corrected chi connectivity index (χ1v) is 6.54. The Balaban J connectivity index is 2.03. The Hall–Kier alpha value is -2.90. The topological polar surface area (TPSA) is 68.0 Å². The normalized spacial score (nSPS) is 11.7. The third-order valence-electron chi connectivity index (χ3n) is 3.10. The van der Waals surface area contributed by atoms with E-state index in [1.54, 1.807) is 17.4 Å². The summed E-state index contributed by atoms with van der Waals surface area (Å²) in [4.78, 5) is 19.1. The lowest BCUT2D eigenvalue weighted by molar-refractivity contribution is -0.167. The van der Waals surface area contributed by atoms with E-state index < -0.39 is 12.1 Å². The maximum absolute atomic E-state index is 12.4. The molecule has 1 amide bonds. The number of aryl methyl sites for hydroxylation is 1. The van der Waals surface area contributed by atoms with Crippen molar-refractivity contribution in [2.75, 3.05) is 5.32 Å². The van der Waals surface area contributed by atoms with E-state index in [-0.39, 0.29) is 17.1 Å². The van der Waals surface area contributed by atoms with E-state index >= 15 is 0 Å². The molecule has 0 atom stereocenters. The highest BCUT2D eigenvalue weighted by atomic mass is 19.4. The van der Waals surface area contributed by atoms with Gasteiger partial charge in [0.1, 0.15) is 5.52 Å². The Morgan fingerprint density at radius 2 is 2.04 bits per heavy atom. The molecule has 0 bridgehead atoms. The zero-order valence-corrected chi connectivity index (χ0v) is 11.8. The molecule has 0 fully saturated rings. The number of alkyl halides is 3. The lowest BCUT2D eigenvalue weighted by Gasteiger charge is -2.09. The third-order valence-corrected chi connectivity index (χ3v) is 3.10. The molecule has 0 aliphatic rings. The molecule has 0 unspecified atom stereocenters. The van der Waals surface area contributed by atoms with Gasteiger partial charge in [-0.05, 0) is 30.7 Å². The number of benzene rings is 1. The molecule has 0 saturated carbocycles. The number of hydrogen-bond donors (Lipinski definition) is 1. The molecule has 0 saturated heterocycles. The molecule has 1 N–H and O–H groups in total. The van der Waals surface area contributed by atoms with E-state index in [0.717, 1.165) is 11.8 Å². The minimum Gasteiger partial charge on any atom is -0.436 e. The predicted molar refractivity (Wildman–Crippen MR) is 76.7 cm³/mol. The number of hydrogen-bond acceptors (Lipinski definition) is 4. The summed E-state index contributed by atoms with van der Waals surface area (Å²) in [5, 5.41) is 1.78. The number of carbonyl (C=O) groups excluding carboxylic acids is 1. The number of nitrogens with one attached hydrogen (secondary N) is 1. The number of carbonyl (C=O) groups is 1. The SMILES string of the molecule is Cc1ccc2oc(-c3ccncc3NC(=O)C(F)(F)F)nc2c1. The van der Waals surface area contributed by atoms with Gasteiger partial charge in [0.25, 0.3) is 0 Å². The molecule has 2 heterocycles. The molecule has 5 nitrogen and oxygen atoms in total. The summed E-state index contributed by atoms with van der Waals surface area (Å²) in [6, 6.07) is 6.76. The van der Waals surface area contributed by atoms with Crippen LogP contribution in [-0.4, -0.2) is 22.1 Å². The quantitative estimate of drug-likeness (QED) is 0.781. The van der Waals surface area contributed by atoms with E-state index in [1.807, 2.05) is 13.0 Å². The van der Waals surface area contributed by atoms with E-state index in [0.29, 0.717) is 11.1 Å². The zero-order valence-electron chi connectivity index (χ0n) is 11.8. The van der Waals surface area contributed by atoms with Gasteiger partial charge in [-0.25, -0.2) is 4.98 Å². The molecule has 3 rings (SSSR count). The lowest BCUT2D eigenvalue weighted by atomic mass is 10.2. The second-order valence-corrected chi connectivity index (χ2v) is 4.86. The van der Waals surface area contributed by atoms with Crippen molar-refractivity contribution in [1.29, 1.82) is 0 Å². The summed E-state index contributed by atoms with van der Waals surface area (Å²) in [5.41, 5.74) is 2.13. The van der Waals surface area contributed by atoms with Gasteiger partial charge in [-0.2, -0.15) is 13.2 Å². The molecule has 3 aromatic rings. The van der Waals surface area contributed by atoms with Crippen molar-refractivity contribution >= 4 is 22.7 Å². The highest BCUT2D eigenvalue weighted by Gasteiger charge is 2.39. The highest BCUT2D eigenvalue weighted by molar-refractivity contribution is 5.98. The van der Waals surface area contributed by atoms with E-state index in [4.69, 9.17) is 4.42 Å². The number of fused-ring (bicyclic) bond motifs is 1. The maximum Gasteiger partial charge on any atom is 0.471 e. The van der Waals surface area contributed by atoms with E-state index in [2.05, 4.69) is 9.97 Å². The Kier molecular flexibility index (Phi) is 3.51. The average Bonchev–Trinajstić information content (AvgIpc) is 2.89. The first-order chi connectivity index (χ1) is 10.8. The molecular formula is C15H10F3N3O2. The van der Waals surface area contributed by atoms with Crippen molar-refractivity contribution in [3.63, 3.8) is 0 Å². The fraction of sp³-hybridized carbons (Fsp3) is 0.133. The Bertz CT molecular complexity index is 887. The van der Waals surface area contributed by atoms with Crippen molar-refractivity contribution in [2.45, 2.75) is 13.1 Å². The summed E-state index contributed by atoms with van der Waals surface area (Å²) >= 11 is 0. The number of amides is 1. The fourth-order valence-electron chi connectivity index (χ4n) is 2.03. The van der Waals surface area contributed by atoms with Crippen molar-refractivity contribution in [2.24, 2.45) is 0 Å². The molecule has 0 radical (unpaired) electrons. The lowest BCUT2D eigenvalue weighted by Crippen LogP contribution is -2.30. The Labute approximate surface area is 128 Å². The number of oxazole rings is 1. The van der Waals surface area contributed by atoms with Gasteiger partial charge in [0.05, 0.1) is 17.4 Å². The summed E-state index contributed by atoms with van der Waals surface area (Å²) in [6.45, 7) is 1.88. The molecule has 8 heteroatoms. The minimum atomic E-state index is -4.99. The number of aromatic nitrogens is 2. The predicted octanol–water partition coefficient (Wildman–Crippen LogP) is 3.70. The van der Waals surface area contributed by atoms with Crippen LogP contribution in [0.3, 0.4) is 0 Å². The Morgan fingerprint density at radius 1 is 1.26 bits per heavy atom. The smallest absolute Gasteiger partial charge is 0.436 e. The van der Waals surface area contributed by atoms with Crippen molar-refractivity contribution in [3.05, 3.63) is 42.2 Å². The van der Waals surface area contributed by atoms with Gasteiger partial charge in [0, 0.05) is 6.20 Å². The first kappa shape index (κ1) is 15.0. The molecule has 2 aromatic heterocycles. The van der Waals surface area contributed by atoms with E-state index in [9.17, 15) is 18.0 Å². The molecular weight excluding hydrogens is 311 g/mol. The summed E-state index contributed by atoms with van der Waals surface area (Å²) in [6.07, 6.45) is -2.51. The van der Waals surface area contributed by atoms with Crippen molar-refractivity contribution in [1.82, 2.24) is 9.97 Å². The van der Waals surface area contributed by atoms with Crippen LogP contribution in [0.4, 0.5) is 18.9 Å². The van der Waals surface area contributed by atoms with Gasteiger partial charge < -0.3 is 9.73 Å². The number of rotatable bonds is 2. The standard InChI is InChI=1S/C15H10F3N3O2/c1-8-2-3-12-10(6-8)20-13(23-12)9-4-5-19-7-11(9)21-14(22)15(16,17)18/h2-7H,1H3,(H,21,22). The monoisotopic (exact) mass is 321 g/mol. The highest BCUT2D eigenvalue weighted by Crippen LogP contribution is 2.30. The van der Waals surface area contributed by atoms with Crippen LogP contribution in [0, 0.1) is 6.92 Å². The molecule has 1 aromatic carbocycles. The third kappa shape index (κ3) is 3.01. The van der Waals surface area contributed by atoms with Crippen molar-refractivity contribution in [3.8, 4) is 11.5 Å². The molecule has 23 heavy (non-hydrogen) atoms. The van der Waals surface area contributed by atoms with Gasteiger partial charge in [0.2, 0.25) is 5.89 Å². The van der Waals surface area contributed by atoms with E-state index in [1.165, 1.54) is 12.3 Å². The molecule has 118 valence electrons. The number of nitrogens with zero attached hydrogens (tertiary/aromatic N) is 2.